The number of benzene rings is 2. The molecular formula is C45H58N10O5. The van der Waals surface area contributed by atoms with Crippen LogP contribution in [-0.4, -0.2) is 106 Å². The molecule has 3 amide bonds. The highest BCUT2D eigenvalue weighted by atomic mass is 16.5. The molecule has 3 aliphatic rings. The lowest BCUT2D eigenvalue weighted by molar-refractivity contribution is -0.116. The van der Waals surface area contributed by atoms with E-state index in [9.17, 15) is 19.5 Å². The molecule has 15 heteroatoms. The smallest absolute Gasteiger partial charge is 0.253 e. The summed E-state index contributed by atoms with van der Waals surface area (Å²) in [5.74, 6) is 0.622. The Bertz CT molecular complexity index is 2220. The Kier molecular flexibility index (Phi) is 13.3. The Morgan fingerprint density at radius 3 is 2.40 bits per heavy atom. The summed E-state index contributed by atoms with van der Waals surface area (Å²) in [7, 11) is 0. The molecule has 2 aromatic carbocycles. The zero-order chi connectivity index (χ0) is 42.3. The van der Waals surface area contributed by atoms with Crippen molar-refractivity contribution in [3.05, 3.63) is 107 Å². The number of aromatic nitrogens is 2. The maximum Gasteiger partial charge on any atom is 0.253 e. The van der Waals surface area contributed by atoms with Crippen molar-refractivity contribution < 1.29 is 24.2 Å². The molecule has 3 aliphatic heterocycles. The van der Waals surface area contributed by atoms with E-state index in [4.69, 9.17) is 26.9 Å². The molecule has 0 spiro atoms. The van der Waals surface area contributed by atoms with E-state index in [0.717, 1.165) is 80.6 Å². The molecule has 0 aliphatic carbocycles. The van der Waals surface area contributed by atoms with Gasteiger partial charge in [-0.2, -0.15) is 0 Å². The number of phenolic OH excluding ortho intramolecular Hbond substituents is 1. The number of carbonyl (C=O) groups is 3. The number of piperidine rings is 2. The number of pyridine rings is 1. The molecule has 7 rings (SSSR count). The van der Waals surface area contributed by atoms with Crippen molar-refractivity contribution in [1.82, 2.24) is 29.6 Å². The lowest BCUT2D eigenvalue weighted by Crippen LogP contribution is -2.43. The molecule has 0 bridgehead atoms. The third-order valence-corrected chi connectivity index (χ3v) is 12.0. The molecule has 9 N–H and O–H groups in total. The number of rotatable bonds is 13. The first kappa shape index (κ1) is 42.1. The van der Waals surface area contributed by atoms with Gasteiger partial charge in [0, 0.05) is 93.2 Å². The maximum atomic E-state index is 13.6. The minimum absolute atomic E-state index is 0.0514. The zero-order valence-electron chi connectivity index (χ0n) is 34.6. The van der Waals surface area contributed by atoms with Gasteiger partial charge < -0.3 is 56.9 Å². The normalized spacial score (nSPS) is 19.6. The Hall–Kier alpha value is -6.06. The van der Waals surface area contributed by atoms with E-state index in [1.165, 1.54) is 0 Å². The number of likely N-dealkylation sites (tertiary alicyclic amines) is 2. The quantitative estimate of drug-likeness (QED) is 0.0641. The summed E-state index contributed by atoms with van der Waals surface area (Å²) in [5, 5.41) is 16.7. The predicted octanol–water partition coefficient (Wildman–Crippen LogP) is 4.16. The summed E-state index contributed by atoms with van der Waals surface area (Å²) in [6, 6.07) is 16.9. The average Bonchev–Trinajstić information content (AvgIpc) is 3.58. The number of aromatic hydroxyl groups is 1. The fourth-order valence-electron chi connectivity index (χ4n) is 8.83. The topological polar surface area (TPSA) is 210 Å². The van der Waals surface area contributed by atoms with Crippen LogP contribution in [0.1, 0.15) is 78.2 Å². The van der Waals surface area contributed by atoms with Crippen LogP contribution in [0.2, 0.25) is 0 Å². The Labute approximate surface area is 351 Å². The van der Waals surface area contributed by atoms with Crippen molar-refractivity contribution in [1.29, 1.82) is 0 Å². The number of carbonyl (C=O) groups excluding carboxylic acids is 3. The highest BCUT2D eigenvalue weighted by Gasteiger charge is 2.31. The van der Waals surface area contributed by atoms with Crippen LogP contribution in [-0.2, 0) is 14.3 Å². The summed E-state index contributed by atoms with van der Waals surface area (Å²) < 4.78 is 8.65. The van der Waals surface area contributed by atoms with Crippen LogP contribution in [0.25, 0.3) is 16.7 Å². The van der Waals surface area contributed by atoms with Gasteiger partial charge in [-0.3, -0.25) is 14.4 Å². The van der Waals surface area contributed by atoms with Crippen molar-refractivity contribution >= 4 is 40.6 Å². The molecule has 2 aromatic heterocycles. The molecule has 4 aromatic rings. The summed E-state index contributed by atoms with van der Waals surface area (Å²) in [4.78, 5) is 47.7. The van der Waals surface area contributed by atoms with Crippen LogP contribution in [0.3, 0.4) is 0 Å². The Morgan fingerprint density at radius 2 is 1.70 bits per heavy atom. The molecule has 2 unspecified atom stereocenters. The molecule has 5 heterocycles. The van der Waals surface area contributed by atoms with Gasteiger partial charge in [0.05, 0.1) is 23.7 Å². The molecule has 3 saturated heterocycles. The maximum absolute atomic E-state index is 13.6. The number of nitrogens with one attached hydrogen (secondary N) is 2. The van der Waals surface area contributed by atoms with E-state index in [0.29, 0.717) is 66.2 Å². The Balaban J connectivity index is 0.882. The molecule has 15 nitrogen and oxygen atoms in total. The van der Waals surface area contributed by atoms with Crippen molar-refractivity contribution in [2.24, 2.45) is 23.1 Å². The number of amides is 3. The van der Waals surface area contributed by atoms with Gasteiger partial charge in [-0.15, -0.1) is 0 Å². The van der Waals surface area contributed by atoms with E-state index in [1.807, 2.05) is 42.2 Å². The molecular weight excluding hydrogens is 761 g/mol. The van der Waals surface area contributed by atoms with Crippen LogP contribution in [0.15, 0.2) is 84.6 Å². The largest absolute Gasteiger partial charge is 0.507 e. The first-order chi connectivity index (χ1) is 29.0. The number of aryl methyl sites for hydroxylation is 1. The fourth-order valence-corrected chi connectivity index (χ4v) is 8.83. The Morgan fingerprint density at radius 1 is 0.967 bits per heavy atom. The second kappa shape index (κ2) is 18.9. The lowest BCUT2D eigenvalue weighted by atomic mass is 9.94. The van der Waals surface area contributed by atoms with Crippen molar-refractivity contribution in [3.8, 4) is 5.75 Å². The van der Waals surface area contributed by atoms with Crippen LogP contribution in [0.5, 0.6) is 5.75 Å². The number of para-hydroxylation sites is 1. The zero-order valence-corrected chi connectivity index (χ0v) is 34.6. The lowest BCUT2D eigenvalue weighted by Gasteiger charge is -2.39. The minimum Gasteiger partial charge on any atom is -0.507 e. The highest BCUT2D eigenvalue weighted by molar-refractivity contribution is 5.94. The van der Waals surface area contributed by atoms with Crippen LogP contribution in [0, 0.1) is 12.8 Å². The van der Waals surface area contributed by atoms with Crippen molar-refractivity contribution in [2.45, 2.75) is 64.2 Å². The molecule has 0 radical (unpaired) electrons. The van der Waals surface area contributed by atoms with Crippen LogP contribution >= 0.6 is 0 Å². The van der Waals surface area contributed by atoms with E-state index < -0.39 is 0 Å². The molecule has 2 atom stereocenters. The summed E-state index contributed by atoms with van der Waals surface area (Å²) >= 11 is 0. The third-order valence-electron chi connectivity index (χ3n) is 12.0. The standard InChI is InChI=1S/C45H58N10O5/c1-29-24-55(44-37(29)21-34(23-50-44)51-42(58)11-16-49-28-56)35-14-17-52(18-15-35)26-31-12-19-53(20-13-31)45(59)33-9-7-32(8-10-33)41-27-54(25-30(2)60-41)39(43(47)48)22-38(46)36-5-3-4-6-40(36)57/h3-10,21-24,28,30-31,35,41,57H,11-20,25-27,46-48H2,1-2H3,(H,49,56)(H,51,58)/b38-22-. The van der Waals surface area contributed by atoms with Gasteiger partial charge >= 0.3 is 0 Å². The van der Waals surface area contributed by atoms with Crippen LogP contribution < -0.4 is 27.8 Å². The molecule has 0 saturated carbocycles. The second-order valence-electron chi connectivity index (χ2n) is 16.4. The number of morpholine rings is 1. The highest BCUT2D eigenvalue weighted by Crippen LogP contribution is 2.33. The van der Waals surface area contributed by atoms with Gasteiger partial charge in [0.15, 0.2) is 0 Å². The van der Waals surface area contributed by atoms with E-state index in [-0.39, 0.29) is 42.0 Å². The van der Waals surface area contributed by atoms with E-state index in [1.54, 1.807) is 36.5 Å². The van der Waals surface area contributed by atoms with Gasteiger partial charge in [0.25, 0.3) is 5.91 Å². The number of hydrogen-bond acceptors (Lipinski definition) is 11. The number of phenols is 1. The second-order valence-corrected chi connectivity index (χ2v) is 16.4. The SMILES string of the molecule is Cc1cn(C2CCN(CC3CCN(C(=O)c4ccc(C5CN(C(/C=C(\N)c6ccccc6O)=C(N)N)CC(C)O5)cc4)CC3)CC2)c2ncc(NC(=O)CCNC=O)cc12. The number of anilines is 1. The average molecular weight is 819 g/mol. The molecule has 60 heavy (non-hydrogen) atoms. The third kappa shape index (κ3) is 9.86. The number of nitrogens with zero attached hydrogens (tertiary/aromatic N) is 5. The van der Waals surface area contributed by atoms with Crippen molar-refractivity contribution in [3.63, 3.8) is 0 Å². The van der Waals surface area contributed by atoms with Gasteiger partial charge in [-0.25, -0.2) is 4.98 Å². The van der Waals surface area contributed by atoms with Gasteiger partial charge in [0.1, 0.15) is 23.3 Å². The van der Waals surface area contributed by atoms with Crippen LogP contribution in [0.4, 0.5) is 5.69 Å². The first-order valence-electron chi connectivity index (χ1n) is 20.9. The van der Waals surface area contributed by atoms with Crippen molar-refractivity contribution in [2.75, 3.05) is 57.7 Å². The number of fused-ring (bicyclic) bond motifs is 1. The van der Waals surface area contributed by atoms with Gasteiger partial charge in [-0.05, 0) is 93.0 Å². The number of ether oxygens (including phenoxy) is 1. The summed E-state index contributed by atoms with van der Waals surface area (Å²) in [6.45, 7) is 9.95. The first-order valence-corrected chi connectivity index (χ1v) is 20.9. The number of nitrogens with two attached hydrogens (primary N) is 3. The summed E-state index contributed by atoms with van der Waals surface area (Å²) in [5.41, 5.74) is 24.4. The van der Waals surface area contributed by atoms with Gasteiger partial charge in [0.2, 0.25) is 12.3 Å². The fraction of sp³-hybridized carbons (Fsp3) is 0.422. The minimum atomic E-state index is -0.283. The summed E-state index contributed by atoms with van der Waals surface area (Å²) in [6.07, 6.45) is 9.99. The number of hydrogen-bond donors (Lipinski definition) is 6. The van der Waals surface area contributed by atoms with E-state index >= 15 is 0 Å². The molecule has 3 fully saturated rings. The predicted molar refractivity (Wildman–Crippen MR) is 232 cm³/mol. The van der Waals surface area contributed by atoms with Gasteiger partial charge in [-0.1, -0.05) is 24.3 Å². The molecule has 318 valence electrons. The monoisotopic (exact) mass is 818 g/mol. The van der Waals surface area contributed by atoms with E-state index in [2.05, 4.69) is 38.1 Å². The number of allylic oxidation sites excluding steroid dienone is 1.